The Morgan fingerprint density at radius 2 is 2.33 bits per heavy atom. The lowest BCUT2D eigenvalue weighted by atomic mass is 10.0. The van der Waals surface area contributed by atoms with E-state index in [0.29, 0.717) is 13.0 Å². The molecule has 4 atom stereocenters. The highest BCUT2D eigenvalue weighted by molar-refractivity contribution is 5.16. The summed E-state index contributed by atoms with van der Waals surface area (Å²) in [5.74, 6) is 0.205. The smallest absolute Gasteiger partial charge is 0.155 e. The molecule has 2 rings (SSSR count). The molecule has 68 valence electrons. The molecule has 1 saturated heterocycles. The maximum absolute atomic E-state index is 9.48. The van der Waals surface area contributed by atoms with E-state index in [1.165, 1.54) is 0 Å². The second-order valence-corrected chi connectivity index (χ2v) is 3.51. The first-order chi connectivity index (χ1) is 5.68. The Morgan fingerprint density at radius 3 is 3.08 bits per heavy atom. The van der Waals surface area contributed by atoms with Gasteiger partial charge in [0.05, 0.1) is 18.8 Å². The molecule has 2 unspecified atom stereocenters. The van der Waals surface area contributed by atoms with Crippen LogP contribution in [-0.4, -0.2) is 30.2 Å². The molecule has 1 saturated carbocycles. The largest absolute Gasteiger partial charge is 0.389 e. The van der Waals surface area contributed by atoms with E-state index in [-0.39, 0.29) is 18.3 Å². The van der Waals surface area contributed by atoms with Crippen LogP contribution in [0.2, 0.25) is 0 Å². The predicted octanol–water partition coefficient (Wildman–Crippen LogP) is 0.685. The number of aliphatic hydroxyl groups excluding tert-OH is 1. The van der Waals surface area contributed by atoms with Gasteiger partial charge in [-0.3, -0.25) is 0 Å². The minimum Gasteiger partial charge on any atom is -0.389 e. The Labute approximate surface area is 72.0 Å². The highest BCUT2D eigenvalue weighted by atomic mass is 16.7. The molecule has 12 heavy (non-hydrogen) atoms. The van der Waals surface area contributed by atoms with Crippen molar-refractivity contribution in [3.63, 3.8) is 0 Å². The van der Waals surface area contributed by atoms with Gasteiger partial charge in [-0.05, 0) is 12.5 Å². The summed E-state index contributed by atoms with van der Waals surface area (Å²) in [5, 5.41) is 9.48. The molecule has 0 radical (unpaired) electrons. The summed E-state index contributed by atoms with van der Waals surface area (Å²) in [6.07, 6.45) is 0.270. The lowest BCUT2D eigenvalue weighted by Crippen LogP contribution is -2.35. The lowest BCUT2D eigenvalue weighted by molar-refractivity contribution is -0.215. The highest BCUT2D eigenvalue weighted by Crippen LogP contribution is 2.36. The number of hydrogen-bond donors (Lipinski definition) is 1. The van der Waals surface area contributed by atoms with E-state index < -0.39 is 6.10 Å². The highest BCUT2D eigenvalue weighted by Gasteiger charge is 2.41. The van der Waals surface area contributed by atoms with Crippen LogP contribution in [0.1, 0.15) is 13.3 Å². The summed E-state index contributed by atoms with van der Waals surface area (Å²) in [6, 6.07) is 0. The van der Waals surface area contributed by atoms with Crippen molar-refractivity contribution in [2.24, 2.45) is 5.92 Å². The quantitative estimate of drug-likeness (QED) is 0.543. The molecule has 1 N–H and O–H groups in total. The third-order valence-corrected chi connectivity index (χ3v) is 2.69. The fourth-order valence-corrected chi connectivity index (χ4v) is 1.91. The van der Waals surface area contributed by atoms with Crippen LogP contribution in [0.15, 0.2) is 12.2 Å². The van der Waals surface area contributed by atoms with Gasteiger partial charge >= 0.3 is 0 Å². The van der Waals surface area contributed by atoms with Crippen molar-refractivity contribution in [3.8, 4) is 0 Å². The van der Waals surface area contributed by atoms with Gasteiger partial charge in [-0.15, -0.1) is 0 Å². The zero-order valence-electron chi connectivity index (χ0n) is 7.19. The van der Waals surface area contributed by atoms with Crippen molar-refractivity contribution in [1.29, 1.82) is 0 Å². The van der Waals surface area contributed by atoms with Crippen molar-refractivity contribution in [1.82, 2.24) is 0 Å². The SMILES string of the molecule is C=C1C2COC(C)O[C@H]2C[C@H]1O. The summed E-state index contributed by atoms with van der Waals surface area (Å²) in [7, 11) is 0. The minimum atomic E-state index is -0.395. The molecular formula is C9H14O3. The fraction of sp³-hybridized carbons (Fsp3) is 0.778. The van der Waals surface area contributed by atoms with Crippen LogP contribution in [0.5, 0.6) is 0 Å². The van der Waals surface area contributed by atoms with E-state index in [4.69, 9.17) is 9.47 Å². The van der Waals surface area contributed by atoms with Crippen molar-refractivity contribution < 1.29 is 14.6 Å². The van der Waals surface area contributed by atoms with Gasteiger partial charge in [0.15, 0.2) is 6.29 Å². The van der Waals surface area contributed by atoms with Gasteiger partial charge < -0.3 is 14.6 Å². The third-order valence-electron chi connectivity index (χ3n) is 2.69. The van der Waals surface area contributed by atoms with E-state index in [1.54, 1.807) is 0 Å². The lowest BCUT2D eigenvalue weighted by Gasteiger charge is -2.30. The van der Waals surface area contributed by atoms with Crippen molar-refractivity contribution in [2.45, 2.75) is 31.8 Å². The molecule has 1 aliphatic heterocycles. The normalized spacial score (nSPS) is 47.7. The van der Waals surface area contributed by atoms with Crippen molar-refractivity contribution >= 4 is 0 Å². The number of hydrogen-bond acceptors (Lipinski definition) is 3. The van der Waals surface area contributed by atoms with Gasteiger partial charge in [-0.1, -0.05) is 6.58 Å². The van der Waals surface area contributed by atoms with Gasteiger partial charge in [0, 0.05) is 12.3 Å². The average molecular weight is 170 g/mol. The molecule has 0 spiro atoms. The van der Waals surface area contributed by atoms with Crippen LogP contribution >= 0.6 is 0 Å². The Balaban J connectivity index is 2.09. The van der Waals surface area contributed by atoms with Crippen LogP contribution in [0.4, 0.5) is 0 Å². The van der Waals surface area contributed by atoms with E-state index in [0.717, 1.165) is 5.57 Å². The number of ether oxygens (including phenoxy) is 2. The van der Waals surface area contributed by atoms with Gasteiger partial charge in [0.1, 0.15) is 0 Å². The maximum Gasteiger partial charge on any atom is 0.155 e. The second-order valence-electron chi connectivity index (χ2n) is 3.51. The standard InChI is InChI=1S/C9H14O3/c1-5-7-4-11-6(2)12-9(7)3-8(5)10/h6-10H,1,3-4H2,2H3/t6?,7?,8-,9+/m1/s1. The summed E-state index contributed by atoms with van der Waals surface area (Å²) in [4.78, 5) is 0. The number of rotatable bonds is 0. The Hall–Kier alpha value is -0.380. The summed E-state index contributed by atoms with van der Waals surface area (Å²) < 4.78 is 10.8. The summed E-state index contributed by atoms with van der Waals surface area (Å²) in [5.41, 5.74) is 0.868. The third kappa shape index (κ3) is 1.18. The van der Waals surface area contributed by atoms with Crippen LogP contribution < -0.4 is 0 Å². The summed E-state index contributed by atoms with van der Waals surface area (Å²) in [6.45, 7) is 6.35. The first-order valence-corrected chi connectivity index (χ1v) is 4.32. The Kier molecular flexibility index (Phi) is 1.94. The predicted molar refractivity (Wildman–Crippen MR) is 43.5 cm³/mol. The molecule has 1 aliphatic carbocycles. The Morgan fingerprint density at radius 1 is 1.58 bits per heavy atom. The zero-order valence-corrected chi connectivity index (χ0v) is 7.19. The van der Waals surface area contributed by atoms with Gasteiger partial charge in [-0.25, -0.2) is 0 Å². The van der Waals surface area contributed by atoms with Gasteiger partial charge in [-0.2, -0.15) is 0 Å². The van der Waals surface area contributed by atoms with Crippen LogP contribution in [-0.2, 0) is 9.47 Å². The molecule has 0 amide bonds. The molecule has 0 aromatic rings. The number of fused-ring (bicyclic) bond motifs is 1. The van der Waals surface area contributed by atoms with E-state index >= 15 is 0 Å². The second kappa shape index (κ2) is 2.83. The Bertz CT molecular complexity index is 202. The molecule has 3 heteroatoms. The minimum absolute atomic E-state index is 0.122. The molecular weight excluding hydrogens is 156 g/mol. The first-order valence-electron chi connectivity index (χ1n) is 4.32. The number of aliphatic hydroxyl groups is 1. The first kappa shape index (κ1) is 8.23. The fourth-order valence-electron chi connectivity index (χ4n) is 1.91. The summed E-state index contributed by atoms with van der Waals surface area (Å²) >= 11 is 0. The van der Waals surface area contributed by atoms with E-state index in [1.807, 2.05) is 6.92 Å². The monoisotopic (exact) mass is 170 g/mol. The molecule has 3 nitrogen and oxygen atoms in total. The topological polar surface area (TPSA) is 38.7 Å². The average Bonchev–Trinajstić information content (AvgIpc) is 2.28. The maximum atomic E-state index is 9.48. The molecule has 0 aromatic carbocycles. The van der Waals surface area contributed by atoms with Crippen molar-refractivity contribution in [2.75, 3.05) is 6.61 Å². The van der Waals surface area contributed by atoms with Crippen molar-refractivity contribution in [3.05, 3.63) is 12.2 Å². The molecule has 2 aliphatic rings. The van der Waals surface area contributed by atoms with E-state index in [2.05, 4.69) is 6.58 Å². The molecule has 2 fully saturated rings. The van der Waals surface area contributed by atoms with Crippen LogP contribution in [0.25, 0.3) is 0 Å². The van der Waals surface area contributed by atoms with Gasteiger partial charge in [0.25, 0.3) is 0 Å². The molecule has 1 heterocycles. The zero-order chi connectivity index (χ0) is 8.72. The molecule has 0 aromatic heterocycles. The van der Waals surface area contributed by atoms with Crippen LogP contribution in [0, 0.1) is 5.92 Å². The van der Waals surface area contributed by atoms with Gasteiger partial charge in [0.2, 0.25) is 0 Å². The molecule has 0 bridgehead atoms. The van der Waals surface area contributed by atoms with E-state index in [9.17, 15) is 5.11 Å². The van der Waals surface area contributed by atoms with Crippen LogP contribution in [0.3, 0.4) is 0 Å².